The van der Waals surface area contributed by atoms with Crippen LogP contribution in [0.15, 0.2) is 42.6 Å². The second-order valence-electron chi connectivity index (χ2n) is 7.27. The van der Waals surface area contributed by atoms with Gasteiger partial charge in [0.2, 0.25) is 5.88 Å². The first kappa shape index (κ1) is 19.7. The highest BCUT2D eigenvalue weighted by Gasteiger charge is 2.30. The van der Waals surface area contributed by atoms with Crippen molar-refractivity contribution in [2.75, 3.05) is 26.2 Å². The van der Waals surface area contributed by atoms with Gasteiger partial charge in [-0.15, -0.1) is 5.10 Å². The largest absolute Gasteiger partial charge is 0.477 e. The molecule has 1 aliphatic heterocycles. The maximum atomic E-state index is 13.0. The van der Waals surface area contributed by atoms with E-state index in [0.717, 1.165) is 38.2 Å². The number of likely N-dealkylation sites (tertiary alicyclic amines) is 1. The van der Waals surface area contributed by atoms with Gasteiger partial charge in [-0.2, -0.15) is 13.2 Å². The van der Waals surface area contributed by atoms with Crippen molar-refractivity contribution >= 4 is 5.65 Å². The molecule has 0 unspecified atom stereocenters. The molecular weight excluding hydrogens is 381 g/mol. The minimum Gasteiger partial charge on any atom is -0.477 e. The number of nitrogens with zero attached hydrogens (tertiary/aromatic N) is 4. The summed E-state index contributed by atoms with van der Waals surface area (Å²) < 4.78 is 46.4. The van der Waals surface area contributed by atoms with Gasteiger partial charge in [0.05, 0.1) is 24.1 Å². The van der Waals surface area contributed by atoms with Crippen LogP contribution in [0.1, 0.15) is 31.2 Å². The minimum atomic E-state index is -4.40. The average molecular weight is 404 g/mol. The number of aromatic nitrogens is 3. The number of imidazole rings is 1. The maximum absolute atomic E-state index is 13.0. The Morgan fingerprint density at radius 2 is 1.86 bits per heavy atom. The number of hydrogen-bond donors (Lipinski definition) is 0. The molecule has 2 aromatic heterocycles. The van der Waals surface area contributed by atoms with E-state index >= 15 is 0 Å². The van der Waals surface area contributed by atoms with Gasteiger partial charge in [0.15, 0.2) is 5.65 Å². The molecule has 0 aliphatic carbocycles. The van der Waals surface area contributed by atoms with Gasteiger partial charge in [0.1, 0.15) is 0 Å². The smallest absolute Gasteiger partial charge is 0.416 e. The Kier molecular flexibility index (Phi) is 5.71. The van der Waals surface area contributed by atoms with E-state index in [1.54, 1.807) is 18.2 Å². The van der Waals surface area contributed by atoms with Gasteiger partial charge in [-0.3, -0.25) is 0 Å². The van der Waals surface area contributed by atoms with Crippen LogP contribution in [0, 0.1) is 0 Å². The molecule has 5 nitrogen and oxygen atoms in total. The lowest BCUT2D eigenvalue weighted by atomic mass is 10.1. The van der Waals surface area contributed by atoms with Crippen LogP contribution in [0.2, 0.25) is 0 Å². The third kappa shape index (κ3) is 4.70. The lowest BCUT2D eigenvalue weighted by molar-refractivity contribution is -0.137. The van der Waals surface area contributed by atoms with Gasteiger partial charge >= 0.3 is 6.18 Å². The summed E-state index contributed by atoms with van der Waals surface area (Å²) >= 11 is 0. The number of benzene rings is 1. The average Bonchev–Trinajstić information content (AvgIpc) is 3.15. The minimum absolute atomic E-state index is 0.405. The molecule has 0 N–H and O–H groups in total. The highest BCUT2D eigenvalue weighted by molar-refractivity contribution is 5.64. The summed E-state index contributed by atoms with van der Waals surface area (Å²) in [7, 11) is 0. The molecule has 1 fully saturated rings. The molecule has 29 heavy (non-hydrogen) atoms. The standard InChI is InChI=1S/C21H23F3N4O/c22-21(23,24)17-7-4-6-16(14-17)18-15-25-19-8-9-20(26-28(18)19)29-13-5-12-27-10-2-1-3-11-27/h4,6-9,14-15H,1-3,5,10-13H2. The van der Waals surface area contributed by atoms with E-state index in [9.17, 15) is 13.2 Å². The molecule has 3 heterocycles. The fourth-order valence-corrected chi connectivity index (χ4v) is 3.63. The van der Waals surface area contributed by atoms with Crippen LogP contribution in [0.5, 0.6) is 5.88 Å². The zero-order chi connectivity index (χ0) is 20.3. The second-order valence-corrected chi connectivity index (χ2v) is 7.27. The van der Waals surface area contributed by atoms with Gasteiger partial charge < -0.3 is 9.64 Å². The normalized spacial score (nSPS) is 15.7. The van der Waals surface area contributed by atoms with Crippen molar-refractivity contribution in [1.82, 2.24) is 19.5 Å². The monoisotopic (exact) mass is 404 g/mol. The molecule has 8 heteroatoms. The summed E-state index contributed by atoms with van der Waals surface area (Å²) in [5.41, 5.74) is 0.750. The first-order valence-electron chi connectivity index (χ1n) is 9.88. The zero-order valence-corrected chi connectivity index (χ0v) is 16.0. The highest BCUT2D eigenvalue weighted by atomic mass is 19.4. The molecule has 0 spiro atoms. The number of piperidine rings is 1. The van der Waals surface area contributed by atoms with E-state index < -0.39 is 11.7 Å². The van der Waals surface area contributed by atoms with E-state index in [2.05, 4.69) is 15.0 Å². The molecule has 4 rings (SSSR count). The van der Waals surface area contributed by atoms with Crippen LogP contribution in [-0.4, -0.2) is 45.7 Å². The molecule has 154 valence electrons. The van der Waals surface area contributed by atoms with Gasteiger partial charge in [-0.1, -0.05) is 18.6 Å². The molecule has 1 aromatic carbocycles. The Morgan fingerprint density at radius 3 is 2.66 bits per heavy atom. The summed E-state index contributed by atoms with van der Waals surface area (Å²) in [6.07, 6.45) is 1.88. The molecule has 0 atom stereocenters. The molecule has 0 saturated carbocycles. The van der Waals surface area contributed by atoms with Crippen LogP contribution in [0.25, 0.3) is 16.9 Å². The summed E-state index contributed by atoms with van der Waals surface area (Å²) in [4.78, 5) is 6.69. The Bertz CT molecular complexity index is 964. The summed E-state index contributed by atoms with van der Waals surface area (Å²) in [5, 5.41) is 4.42. The van der Waals surface area contributed by atoms with E-state index in [1.807, 2.05) is 0 Å². The fraction of sp³-hybridized carbons (Fsp3) is 0.429. The lowest BCUT2D eigenvalue weighted by Gasteiger charge is -2.26. The Balaban J connectivity index is 1.46. The van der Waals surface area contributed by atoms with Crippen molar-refractivity contribution < 1.29 is 17.9 Å². The Labute approximate surface area is 167 Å². The predicted molar refractivity (Wildman–Crippen MR) is 104 cm³/mol. The molecule has 3 aromatic rings. The molecule has 1 aliphatic rings. The van der Waals surface area contributed by atoms with Gasteiger partial charge in [0.25, 0.3) is 0 Å². The van der Waals surface area contributed by atoms with E-state index in [0.29, 0.717) is 29.4 Å². The van der Waals surface area contributed by atoms with Crippen molar-refractivity contribution in [3.8, 4) is 17.1 Å². The molecule has 0 radical (unpaired) electrons. The van der Waals surface area contributed by atoms with Gasteiger partial charge in [-0.25, -0.2) is 9.50 Å². The molecular formula is C21H23F3N4O. The first-order chi connectivity index (χ1) is 14.0. The fourth-order valence-electron chi connectivity index (χ4n) is 3.63. The second kappa shape index (κ2) is 8.41. The van der Waals surface area contributed by atoms with Crippen LogP contribution in [-0.2, 0) is 6.18 Å². The van der Waals surface area contributed by atoms with Crippen molar-refractivity contribution in [2.45, 2.75) is 31.9 Å². The number of hydrogen-bond acceptors (Lipinski definition) is 4. The van der Waals surface area contributed by atoms with E-state index in [1.165, 1.54) is 36.0 Å². The van der Waals surface area contributed by atoms with E-state index in [-0.39, 0.29) is 0 Å². The van der Waals surface area contributed by atoms with Crippen molar-refractivity contribution in [3.63, 3.8) is 0 Å². The summed E-state index contributed by atoms with van der Waals surface area (Å²) in [5.74, 6) is 0.433. The Morgan fingerprint density at radius 1 is 1.03 bits per heavy atom. The van der Waals surface area contributed by atoms with Crippen LogP contribution in [0.3, 0.4) is 0 Å². The Hall–Kier alpha value is -2.61. The number of rotatable bonds is 6. The summed E-state index contributed by atoms with van der Waals surface area (Å²) in [6, 6.07) is 8.66. The summed E-state index contributed by atoms with van der Waals surface area (Å²) in [6.45, 7) is 3.85. The van der Waals surface area contributed by atoms with Gasteiger partial charge in [0, 0.05) is 18.2 Å². The number of halogens is 3. The number of ether oxygens (including phenoxy) is 1. The highest BCUT2D eigenvalue weighted by Crippen LogP contribution is 2.32. The van der Waals surface area contributed by atoms with Crippen molar-refractivity contribution in [3.05, 3.63) is 48.2 Å². The van der Waals surface area contributed by atoms with Crippen molar-refractivity contribution in [2.24, 2.45) is 0 Å². The number of alkyl halides is 3. The van der Waals surface area contributed by atoms with Gasteiger partial charge in [-0.05, 0) is 50.6 Å². The number of fused-ring (bicyclic) bond motifs is 1. The van der Waals surface area contributed by atoms with Crippen LogP contribution in [0.4, 0.5) is 13.2 Å². The molecule has 0 amide bonds. The zero-order valence-electron chi connectivity index (χ0n) is 16.0. The SMILES string of the molecule is FC(F)(F)c1cccc(-c2cnc3ccc(OCCCN4CCCCC4)nn23)c1. The van der Waals surface area contributed by atoms with Crippen LogP contribution >= 0.6 is 0 Å². The first-order valence-corrected chi connectivity index (χ1v) is 9.88. The topological polar surface area (TPSA) is 42.7 Å². The predicted octanol–water partition coefficient (Wildman–Crippen LogP) is 4.67. The maximum Gasteiger partial charge on any atom is 0.416 e. The molecule has 0 bridgehead atoms. The molecule has 1 saturated heterocycles. The van der Waals surface area contributed by atoms with Crippen molar-refractivity contribution in [1.29, 1.82) is 0 Å². The van der Waals surface area contributed by atoms with E-state index in [4.69, 9.17) is 4.74 Å². The lowest BCUT2D eigenvalue weighted by Crippen LogP contribution is -2.31. The third-order valence-electron chi connectivity index (χ3n) is 5.14. The van der Waals surface area contributed by atoms with Crippen LogP contribution < -0.4 is 4.74 Å². The third-order valence-corrected chi connectivity index (χ3v) is 5.14. The quantitative estimate of drug-likeness (QED) is 0.560.